The molecule has 4 nitrogen and oxygen atoms in total. The molecule has 0 fully saturated rings. The second kappa shape index (κ2) is 5.09. The minimum Gasteiger partial charge on any atom is -0.478 e. The topological polar surface area (TPSA) is 54.3 Å². The van der Waals surface area contributed by atoms with Gasteiger partial charge in [0.2, 0.25) is 0 Å². The standard InChI is InChI=1S/C13H12F2N2O2/c1-17-3-2-8(7-17)6-16-12-4-9(13(18)19)10(14)5-11(12)15/h2-5,7,16H,6H2,1H3,(H,18,19). The number of nitrogens with zero attached hydrogens (tertiary/aromatic N) is 1. The summed E-state index contributed by atoms with van der Waals surface area (Å²) in [5.74, 6) is -3.34. The first-order valence-electron chi connectivity index (χ1n) is 5.54. The highest BCUT2D eigenvalue weighted by Gasteiger charge is 2.15. The number of rotatable bonds is 4. The van der Waals surface area contributed by atoms with E-state index in [2.05, 4.69) is 5.32 Å². The van der Waals surface area contributed by atoms with Crippen LogP contribution in [-0.2, 0) is 13.6 Å². The van der Waals surface area contributed by atoms with Crippen LogP contribution < -0.4 is 5.32 Å². The second-order valence-electron chi connectivity index (χ2n) is 4.16. The fraction of sp³-hybridized carbons (Fsp3) is 0.154. The molecule has 2 rings (SSSR count). The molecule has 0 atom stereocenters. The number of aryl methyl sites for hydroxylation is 1. The van der Waals surface area contributed by atoms with Gasteiger partial charge in [-0.2, -0.15) is 0 Å². The predicted molar refractivity (Wildman–Crippen MR) is 66.1 cm³/mol. The number of carboxylic acid groups (broad SMARTS) is 1. The molecule has 0 saturated carbocycles. The van der Waals surface area contributed by atoms with Gasteiger partial charge in [0, 0.05) is 32.1 Å². The Bertz CT molecular complexity index is 623. The van der Waals surface area contributed by atoms with E-state index >= 15 is 0 Å². The van der Waals surface area contributed by atoms with Crippen molar-refractivity contribution in [2.45, 2.75) is 6.54 Å². The zero-order valence-corrected chi connectivity index (χ0v) is 10.2. The van der Waals surface area contributed by atoms with Crippen LogP contribution in [0.4, 0.5) is 14.5 Å². The van der Waals surface area contributed by atoms with Crippen molar-refractivity contribution < 1.29 is 18.7 Å². The third-order valence-corrected chi connectivity index (χ3v) is 2.66. The van der Waals surface area contributed by atoms with E-state index in [0.29, 0.717) is 12.6 Å². The molecule has 0 bridgehead atoms. The van der Waals surface area contributed by atoms with E-state index in [1.54, 1.807) is 0 Å². The van der Waals surface area contributed by atoms with Crippen molar-refractivity contribution in [3.05, 3.63) is 53.4 Å². The monoisotopic (exact) mass is 266 g/mol. The van der Waals surface area contributed by atoms with Crippen LogP contribution in [0.25, 0.3) is 0 Å². The van der Waals surface area contributed by atoms with Gasteiger partial charge in [0.15, 0.2) is 0 Å². The van der Waals surface area contributed by atoms with Gasteiger partial charge in [0.25, 0.3) is 0 Å². The molecule has 0 aliphatic carbocycles. The number of halogens is 2. The van der Waals surface area contributed by atoms with Gasteiger partial charge in [0.05, 0.1) is 11.3 Å². The number of nitrogens with one attached hydrogen (secondary N) is 1. The van der Waals surface area contributed by atoms with Gasteiger partial charge < -0.3 is 15.0 Å². The molecule has 2 aromatic rings. The molecule has 0 aliphatic heterocycles. The normalized spacial score (nSPS) is 10.5. The highest BCUT2D eigenvalue weighted by atomic mass is 19.1. The van der Waals surface area contributed by atoms with E-state index < -0.39 is 23.2 Å². The first-order chi connectivity index (χ1) is 8.97. The molecule has 2 N–H and O–H groups in total. The van der Waals surface area contributed by atoms with E-state index in [0.717, 1.165) is 11.6 Å². The number of aromatic carboxylic acids is 1. The van der Waals surface area contributed by atoms with Crippen LogP contribution in [0.5, 0.6) is 0 Å². The number of benzene rings is 1. The quantitative estimate of drug-likeness (QED) is 0.894. The van der Waals surface area contributed by atoms with E-state index in [9.17, 15) is 13.6 Å². The van der Waals surface area contributed by atoms with Crippen LogP contribution in [0, 0.1) is 11.6 Å². The van der Waals surface area contributed by atoms with Crippen LogP contribution in [-0.4, -0.2) is 15.6 Å². The maximum Gasteiger partial charge on any atom is 0.338 e. The van der Waals surface area contributed by atoms with Gasteiger partial charge in [0.1, 0.15) is 11.6 Å². The maximum atomic E-state index is 13.5. The van der Waals surface area contributed by atoms with Crippen molar-refractivity contribution in [2.24, 2.45) is 7.05 Å². The molecule has 19 heavy (non-hydrogen) atoms. The second-order valence-corrected chi connectivity index (χ2v) is 4.16. The molecule has 1 heterocycles. The van der Waals surface area contributed by atoms with E-state index in [4.69, 9.17) is 5.11 Å². The van der Waals surface area contributed by atoms with Crippen molar-refractivity contribution in [1.29, 1.82) is 0 Å². The lowest BCUT2D eigenvalue weighted by Gasteiger charge is -2.08. The molecule has 0 saturated heterocycles. The Balaban J connectivity index is 2.20. The molecule has 6 heteroatoms. The molecular formula is C13H12F2N2O2. The third kappa shape index (κ3) is 2.90. The molecule has 0 unspecified atom stereocenters. The van der Waals surface area contributed by atoms with Crippen molar-refractivity contribution >= 4 is 11.7 Å². The van der Waals surface area contributed by atoms with Crippen LogP contribution in [0.1, 0.15) is 15.9 Å². The Morgan fingerprint density at radius 1 is 1.37 bits per heavy atom. The summed E-state index contributed by atoms with van der Waals surface area (Å²) in [5.41, 5.74) is 0.308. The summed E-state index contributed by atoms with van der Waals surface area (Å²) in [6.07, 6.45) is 3.67. The van der Waals surface area contributed by atoms with Crippen LogP contribution in [0.15, 0.2) is 30.6 Å². The lowest BCUT2D eigenvalue weighted by molar-refractivity contribution is 0.0692. The zero-order chi connectivity index (χ0) is 14.0. The summed E-state index contributed by atoms with van der Waals surface area (Å²) in [4.78, 5) is 10.8. The van der Waals surface area contributed by atoms with Crippen molar-refractivity contribution in [3.63, 3.8) is 0 Å². The number of carboxylic acids is 1. The Labute approximate surface area is 108 Å². The first-order valence-corrected chi connectivity index (χ1v) is 5.54. The minimum absolute atomic E-state index is 0.0392. The Morgan fingerprint density at radius 3 is 2.68 bits per heavy atom. The summed E-state index contributed by atoms with van der Waals surface area (Å²) >= 11 is 0. The van der Waals surface area contributed by atoms with Crippen LogP contribution in [0.3, 0.4) is 0 Å². The van der Waals surface area contributed by atoms with E-state index in [1.165, 1.54) is 0 Å². The first kappa shape index (κ1) is 13.1. The average Bonchev–Trinajstić information content (AvgIpc) is 2.73. The van der Waals surface area contributed by atoms with Gasteiger partial charge in [-0.15, -0.1) is 0 Å². The predicted octanol–water partition coefficient (Wildman–Crippen LogP) is 2.61. The highest BCUT2D eigenvalue weighted by Crippen LogP contribution is 2.20. The van der Waals surface area contributed by atoms with Crippen molar-refractivity contribution in [1.82, 2.24) is 4.57 Å². The molecule has 0 spiro atoms. The number of hydrogen-bond acceptors (Lipinski definition) is 2. The lowest BCUT2D eigenvalue weighted by Crippen LogP contribution is -2.06. The summed E-state index contributed by atoms with van der Waals surface area (Å²) in [7, 11) is 1.85. The Hall–Kier alpha value is -2.37. The van der Waals surface area contributed by atoms with Gasteiger partial charge in [-0.1, -0.05) is 0 Å². The van der Waals surface area contributed by atoms with Gasteiger partial charge in [-0.25, -0.2) is 13.6 Å². The lowest BCUT2D eigenvalue weighted by atomic mass is 10.1. The summed E-state index contributed by atoms with van der Waals surface area (Å²) < 4.78 is 28.5. The van der Waals surface area contributed by atoms with Crippen LogP contribution in [0.2, 0.25) is 0 Å². The maximum absolute atomic E-state index is 13.5. The fourth-order valence-electron chi connectivity index (χ4n) is 1.71. The number of carbonyl (C=O) groups is 1. The number of anilines is 1. The van der Waals surface area contributed by atoms with E-state index in [1.807, 2.05) is 30.1 Å². The summed E-state index contributed by atoms with van der Waals surface area (Å²) in [6, 6.07) is 3.36. The smallest absolute Gasteiger partial charge is 0.338 e. The summed E-state index contributed by atoms with van der Waals surface area (Å²) in [5, 5.41) is 11.5. The van der Waals surface area contributed by atoms with Crippen molar-refractivity contribution in [3.8, 4) is 0 Å². The fourth-order valence-corrected chi connectivity index (χ4v) is 1.71. The largest absolute Gasteiger partial charge is 0.478 e. The summed E-state index contributed by atoms with van der Waals surface area (Å²) in [6.45, 7) is 0.322. The SMILES string of the molecule is Cn1ccc(CNc2cc(C(=O)O)c(F)cc2F)c1. The van der Waals surface area contributed by atoms with Crippen molar-refractivity contribution in [2.75, 3.05) is 5.32 Å². The van der Waals surface area contributed by atoms with Gasteiger partial charge in [-0.3, -0.25) is 0 Å². The Morgan fingerprint density at radius 2 is 2.11 bits per heavy atom. The third-order valence-electron chi connectivity index (χ3n) is 2.66. The number of aromatic nitrogens is 1. The molecule has 1 aromatic carbocycles. The van der Waals surface area contributed by atoms with E-state index in [-0.39, 0.29) is 5.69 Å². The van der Waals surface area contributed by atoms with Gasteiger partial charge >= 0.3 is 5.97 Å². The zero-order valence-electron chi connectivity index (χ0n) is 10.2. The molecule has 100 valence electrons. The molecule has 0 aliphatic rings. The van der Waals surface area contributed by atoms with Gasteiger partial charge in [-0.05, 0) is 17.7 Å². The average molecular weight is 266 g/mol. The molecular weight excluding hydrogens is 254 g/mol. The molecule has 0 radical (unpaired) electrons. The molecule has 1 aromatic heterocycles. The minimum atomic E-state index is -1.43. The highest BCUT2D eigenvalue weighted by molar-refractivity contribution is 5.89. The van der Waals surface area contributed by atoms with Crippen LogP contribution >= 0.6 is 0 Å². The number of hydrogen-bond donors (Lipinski definition) is 2. The molecule has 0 amide bonds. The Kier molecular flexibility index (Phi) is 3.50.